The normalized spacial score (nSPS) is 24.0. The van der Waals surface area contributed by atoms with E-state index in [1.54, 1.807) is 0 Å². The van der Waals surface area contributed by atoms with Crippen LogP contribution in [0.4, 0.5) is 0 Å². The number of rotatable bonds is 10. The number of allylic oxidation sites excluding steroid dienone is 10. The van der Waals surface area contributed by atoms with Crippen molar-refractivity contribution in [3.8, 4) is 0 Å². The van der Waals surface area contributed by atoms with Crippen LogP contribution in [0.15, 0.2) is 76.6 Å². The summed E-state index contributed by atoms with van der Waals surface area (Å²) in [5, 5.41) is 13.6. The van der Waals surface area contributed by atoms with Gasteiger partial charge in [0.2, 0.25) is 0 Å². The van der Waals surface area contributed by atoms with Gasteiger partial charge in [-0.05, 0) is 96.8 Å². The lowest BCUT2D eigenvalue weighted by Crippen LogP contribution is -2.36. The highest BCUT2D eigenvalue weighted by Gasteiger charge is 2.35. The summed E-state index contributed by atoms with van der Waals surface area (Å²) in [4.78, 5) is 0. The van der Waals surface area contributed by atoms with Crippen LogP contribution in [0.5, 0.6) is 0 Å². The van der Waals surface area contributed by atoms with Gasteiger partial charge in [-0.15, -0.1) is 5.73 Å². The van der Waals surface area contributed by atoms with Gasteiger partial charge in [-0.25, -0.2) is 0 Å². The molecule has 0 heterocycles. The Bertz CT molecular complexity index is 842. The summed E-state index contributed by atoms with van der Waals surface area (Å²) in [6, 6.07) is 0. The number of hydrogen-bond donors (Lipinski definition) is 2. The molecule has 0 aromatic carbocycles. The number of nitrogens with one attached hydrogen (secondary N) is 1. The molecule has 2 nitrogen and oxygen atoms in total. The van der Waals surface area contributed by atoms with Gasteiger partial charge in [0.15, 0.2) is 0 Å². The van der Waals surface area contributed by atoms with Crippen LogP contribution in [0.2, 0.25) is 0 Å². The minimum absolute atomic E-state index is 0.237. The van der Waals surface area contributed by atoms with Crippen LogP contribution < -0.4 is 5.32 Å². The van der Waals surface area contributed by atoms with E-state index >= 15 is 0 Å². The van der Waals surface area contributed by atoms with E-state index in [0.717, 1.165) is 45.1 Å². The Morgan fingerprint density at radius 3 is 2.87 bits per heavy atom. The van der Waals surface area contributed by atoms with Crippen LogP contribution in [0.3, 0.4) is 0 Å². The van der Waals surface area contributed by atoms with Crippen molar-refractivity contribution in [1.82, 2.24) is 5.32 Å². The highest BCUT2D eigenvalue weighted by Crippen LogP contribution is 2.47. The van der Waals surface area contributed by atoms with Gasteiger partial charge in [0, 0.05) is 12.5 Å². The predicted molar refractivity (Wildman–Crippen MR) is 128 cm³/mol. The van der Waals surface area contributed by atoms with E-state index in [-0.39, 0.29) is 5.41 Å². The molecule has 3 rings (SSSR count). The van der Waals surface area contributed by atoms with Gasteiger partial charge in [0.05, 0.1) is 0 Å². The van der Waals surface area contributed by atoms with Gasteiger partial charge in [0.1, 0.15) is 6.23 Å². The number of hydrogen-bond acceptors (Lipinski definition) is 2. The lowest BCUT2D eigenvalue weighted by molar-refractivity contribution is 0.109. The summed E-state index contributed by atoms with van der Waals surface area (Å²) < 4.78 is 0. The molecule has 0 aromatic heterocycles. The number of aliphatic hydroxyl groups is 1. The quantitative estimate of drug-likeness (QED) is 0.245. The van der Waals surface area contributed by atoms with Crippen LogP contribution in [0.25, 0.3) is 0 Å². The summed E-state index contributed by atoms with van der Waals surface area (Å²) >= 11 is 0. The van der Waals surface area contributed by atoms with E-state index in [1.165, 1.54) is 27.9 Å². The SMILES string of the molecule is C=CC1=C2C(C)=CC=C3C(CCCCC(O)NCC(C)(C)CC)=CCC(C=C=C1)C32. The smallest absolute Gasteiger partial charge is 0.104 e. The maximum Gasteiger partial charge on any atom is 0.104 e. The van der Waals surface area contributed by atoms with Crippen molar-refractivity contribution in [2.45, 2.75) is 72.4 Å². The zero-order chi connectivity index (χ0) is 21.7. The lowest BCUT2D eigenvalue weighted by atomic mass is 9.67. The predicted octanol–water partition coefficient (Wildman–Crippen LogP) is 6.55. The third-order valence-corrected chi connectivity index (χ3v) is 7.05. The molecule has 0 aliphatic heterocycles. The molecule has 0 radical (unpaired) electrons. The molecule has 2 heteroatoms. The maximum absolute atomic E-state index is 10.3. The zero-order valence-electron chi connectivity index (χ0n) is 19.3. The van der Waals surface area contributed by atoms with Gasteiger partial charge in [-0.1, -0.05) is 51.7 Å². The third-order valence-electron chi connectivity index (χ3n) is 7.05. The lowest BCUT2D eigenvalue weighted by Gasteiger charge is -2.37. The van der Waals surface area contributed by atoms with E-state index in [0.29, 0.717) is 11.8 Å². The molecule has 30 heavy (non-hydrogen) atoms. The van der Waals surface area contributed by atoms with Crippen LogP contribution in [-0.2, 0) is 0 Å². The number of aliphatic hydroxyl groups excluding tert-OH is 1. The van der Waals surface area contributed by atoms with Gasteiger partial charge < -0.3 is 5.11 Å². The Morgan fingerprint density at radius 2 is 2.13 bits per heavy atom. The van der Waals surface area contributed by atoms with E-state index in [9.17, 15) is 5.11 Å². The molecule has 3 atom stereocenters. The van der Waals surface area contributed by atoms with Crippen molar-refractivity contribution in [1.29, 1.82) is 0 Å². The van der Waals surface area contributed by atoms with Gasteiger partial charge in [0.25, 0.3) is 0 Å². The van der Waals surface area contributed by atoms with Gasteiger partial charge >= 0.3 is 0 Å². The molecule has 3 aliphatic rings. The Kier molecular flexibility index (Phi) is 7.58. The first-order valence-corrected chi connectivity index (χ1v) is 11.6. The Morgan fingerprint density at radius 1 is 1.33 bits per heavy atom. The maximum atomic E-state index is 10.3. The number of unbranched alkanes of at least 4 members (excludes halogenated alkanes) is 1. The Labute approximate surface area is 183 Å². The molecule has 0 amide bonds. The minimum atomic E-state index is -0.400. The molecule has 0 fully saturated rings. The summed E-state index contributed by atoms with van der Waals surface area (Å²) in [6.45, 7) is 13.8. The van der Waals surface area contributed by atoms with Crippen molar-refractivity contribution in [2.24, 2.45) is 17.3 Å². The van der Waals surface area contributed by atoms with E-state index in [2.05, 4.69) is 75.7 Å². The first-order chi connectivity index (χ1) is 14.4. The fourth-order valence-corrected chi connectivity index (χ4v) is 4.69. The third kappa shape index (κ3) is 5.24. The highest BCUT2D eigenvalue weighted by atomic mass is 16.3. The topological polar surface area (TPSA) is 32.3 Å². The molecule has 3 aliphatic carbocycles. The highest BCUT2D eigenvalue weighted by molar-refractivity contribution is 5.58. The van der Waals surface area contributed by atoms with Crippen LogP contribution >= 0.6 is 0 Å². The Hall–Kier alpha value is -1.86. The molecular weight excluding hydrogens is 366 g/mol. The first-order valence-electron chi connectivity index (χ1n) is 11.6. The fraction of sp³-hybridized carbons (Fsp3) is 0.536. The van der Waals surface area contributed by atoms with Gasteiger partial charge in [-0.3, -0.25) is 5.32 Å². The molecule has 0 spiro atoms. The molecule has 0 saturated carbocycles. The molecule has 0 saturated heterocycles. The second kappa shape index (κ2) is 9.96. The Balaban J connectivity index is 1.59. The van der Waals surface area contributed by atoms with Crippen molar-refractivity contribution >= 4 is 0 Å². The van der Waals surface area contributed by atoms with E-state index in [1.807, 2.05) is 6.08 Å². The second-order valence-corrected chi connectivity index (χ2v) is 9.79. The summed E-state index contributed by atoms with van der Waals surface area (Å²) in [6.07, 6.45) is 19.2. The molecule has 3 unspecified atom stereocenters. The standard InChI is InChI=1S/C28H39NO/c1-6-21-12-10-13-23-17-16-22(24-18-15-20(3)26(21)27(23)24)11-8-9-14-25(30)29-19-28(4,5)7-2/h6,12-13,15-16,18,23,25,27,29-30H,1,7-9,11,14,17,19H2,2-5H3. The average molecular weight is 406 g/mol. The largest absolute Gasteiger partial charge is 0.379 e. The minimum Gasteiger partial charge on any atom is -0.379 e. The molecule has 0 bridgehead atoms. The van der Waals surface area contributed by atoms with Gasteiger partial charge in [-0.2, -0.15) is 0 Å². The van der Waals surface area contributed by atoms with Crippen molar-refractivity contribution < 1.29 is 5.11 Å². The summed E-state index contributed by atoms with van der Waals surface area (Å²) in [7, 11) is 0. The van der Waals surface area contributed by atoms with Crippen LogP contribution in [0, 0.1) is 17.3 Å². The van der Waals surface area contributed by atoms with Crippen LogP contribution in [0.1, 0.15) is 66.2 Å². The molecular formula is C28H39NO. The summed E-state index contributed by atoms with van der Waals surface area (Å²) in [5.74, 6) is 0.915. The molecule has 0 aromatic rings. The van der Waals surface area contributed by atoms with Crippen LogP contribution in [-0.4, -0.2) is 17.9 Å². The fourth-order valence-electron chi connectivity index (χ4n) is 4.69. The first kappa shape index (κ1) is 22.8. The van der Waals surface area contributed by atoms with Crippen molar-refractivity contribution in [3.63, 3.8) is 0 Å². The summed E-state index contributed by atoms with van der Waals surface area (Å²) in [5.41, 5.74) is 10.6. The van der Waals surface area contributed by atoms with E-state index < -0.39 is 6.23 Å². The average Bonchev–Trinajstić information content (AvgIpc) is 2.93. The molecule has 162 valence electrons. The van der Waals surface area contributed by atoms with E-state index in [4.69, 9.17) is 0 Å². The van der Waals surface area contributed by atoms with Crippen molar-refractivity contribution in [3.05, 3.63) is 76.6 Å². The molecule has 2 N–H and O–H groups in total. The zero-order valence-corrected chi connectivity index (χ0v) is 19.3. The monoisotopic (exact) mass is 405 g/mol. The van der Waals surface area contributed by atoms with Crippen molar-refractivity contribution in [2.75, 3.05) is 6.54 Å². The second-order valence-electron chi connectivity index (χ2n) is 9.79.